The minimum Gasteiger partial charge on any atom is -0.284 e. The molecule has 0 aliphatic heterocycles. The molecule has 94 valence electrons. The van der Waals surface area contributed by atoms with E-state index < -0.39 is 8.07 Å². The molecule has 0 amide bonds. The lowest BCUT2D eigenvalue weighted by atomic mass is 9.69. The number of allylic oxidation sites excluding steroid dienone is 1. The van der Waals surface area contributed by atoms with Crippen LogP contribution in [0.15, 0.2) is 12.7 Å². The third kappa shape index (κ3) is 4.16. The fraction of sp³-hybridized carbons (Fsp3) is 0.667. The number of hydrogen-bond acceptors (Lipinski definition) is 1. The van der Waals surface area contributed by atoms with Gasteiger partial charge in [-0.05, 0) is 25.2 Å². The Labute approximate surface area is 107 Å². The SMILES string of the molecule is C=CCC1(C(=O)C#C[Si](C)(C)C)CCCCC1. The van der Waals surface area contributed by atoms with Gasteiger partial charge in [0, 0.05) is 5.41 Å². The van der Waals surface area contributed by atoms with Crippen LogP contribution >= 0.6 is 0 Å². The summed E-state index contributed by atoms with van der Waals surface area (Å²) in [4.78, 5) is 12.4. The quantitative estimate of drug-likeness (QED) is 0.420. The molecule has 0 saturated heterocycles. The molecule has 1 fully saturated rings. The van der Waals surface area contributed by atoms with Crippen LogP contribution in [0.2, 0.25) is 19.6 Å². The van der Waals surface area contributed by atoms with Gasteiger partial charge in [-0.1, -0.05) is 45.0 Å². The zero-order valence-electron chi connectivity index (χ0n) is 11.4. The molecule has 0 unspecified atom stereocenters. The Morgan fingerprint density at radius 3 is 2.35 bits per heavy atom. The largest absolute Gasteiger partial charge is 0.284 e. The molecule has 0 N–H and O–H groups in total. The third-order valence-electron chi connectivity index (χ3n) is 3.38. The Balaban J connectivity index is 2.86. The van der Waals surface area contributed by atoms with Crippen molar-refractivity contribution in [1.29, 1.82) is 0 Å². The smallest absolute Gasteiger partial charge is 0.211 e. The minimum atomic E-state index is -1.45. The van der Waals surface area contributed by atoms with Crippen molar-refractivity contribution in [3.05, 3.63) is 12.7 Å². The second-order valence-electron chi connectivity index (χ2n) is 6.16. The van der Waals surface area contributed by atoms with Gasteiger partial charge in [0.15, 0.2) is 0 Å². The highest BCUT2D eigenvalue weighted by molar-refractivity contribution is 6.84. The average Bonchev–Trinajstić information content (AvgIpc) is 2.26. The van der Waals surface area contributed by atoms with E-state index >= 15 is 0 Å². The number of carbonyl (C=O) groups excluding carboxylic acids is 1. The van der Waals surface area contributed by atoms with Crippen molar-refractivity contribution in [2.24, 2.45) is 5.41 Å². The van der Waals surface area contributed by atoms with Crippen LogP contribution in [0.4, 0.5) is 0 Å². The summed E-state index contributed by atoms with van der Waals surface area (Å²) >= 11 is 0. The highest BCUT2D eigenvalue weighted by Gasteiger charge is 2.37. The van der Waals surface area contributed by atoms with Crippen molar-refractivity contribution < 1.29 is 4.79 Å². The number of hydrogen-bond donors (Lipinski definition) is 0. The van der Waals surface area contributed by atoms with Gasteiger partial charge in [0.1, 0.15) is 8.07 Å². The Hall–Kier alpha value is -0.813. The van der Waals surface area contributed by atoms with E-state index in [1.165, 1.54) is 6.42 Å². The molecule has 1 rings (SSSR count). The molecular weight excluding hydrogens is 224 g/mol. The highest BCUT2D eigenvalue weighted by Crippen LogP contribution is 2.40. The number of carbonyl (C=O) groups is 1. The van der Waals surface area contributed by atoms with Crippen molar-refractivity contribution >= 4 is 13.9 Å². The minimum absolute atomic E-state index is 0.166. The second kappa shape index (κ2) is 5.69. The maximum absolute atomic E-state index is 12.4. The highest BCUT2D eigenvalue weighted by atomic mass is 28.3. The van der Waals surface area contributed by atoms with E-state index in [1.54, 1.807) is 0 Å². The number of Topliss-reactive ketones (excluding diaryl/α,β-unsaturated/α-hetero) is 1. The van der Waals surface area contributed by atoms with Crippen LogP contribution in [-0.4, -0.2) is 13.9 Å². The second-order valence-corrected chi connectivity index (χ2v) is 10.9. The molecule has 1 aliphatic carbocycles. The first-order valence-electron chi connectivity index (χ1n) is 6.58. The van der Waals surface area contributed by atoms with E-state index in [-0.39, 0.29) is 11.2 Å². The van der Waals surface area contributed by atoms with E-state index in [4.69, 9.17) is 0 Å². The molecule has 0 aromatic carbocycles. The van der Waals surface area contributed by atoms with Gasteiger partial charge in [-0.25, -0.2) is 0 Å². The fourth-order valence-corrected chi connectivity index (χ4v) is 2.89. The fourth-order valence-electron chi connectivity index (χ4n) is 2.41. The molecule has 0 bridgehead atoms. The van der Waals surface area contributed by atoms with Crippen LogP contribution in [0.3, 0.4) is 0 Å². The molecule has 1 nitrogen and oxygen atoms in total. The monoisotopic (exact) mass is 248 g/mol. The van der Waals surface area contributed by atoms with Crippen LogP contribution in [0, 0.1) is 16.9 Å². The topological polar surface area (TPSA) is 17.1 Å². The summed E-state index contributed by atoms with van der Waals surface area (Å²) in [5.41, 5.74) is 3.01. The molecule has 0 aromatic rings. The molecule has 17 heavy (non-hydrogen) atoms. The Morgan fingerprint density at radius 1 is 1.29 bits per heavy atom. The third-order valence-corrected chi connectivity index (χ3v) is 4.25. The van der Waals surface area contributed by atoms with Gasteiger partial charge >= 0.3 is 0 Å². The number of rotatable bonds is 3. The Kier molecular flexibility index (Phi) is 4.77. The van der Waals surface area contributed by atoms with Crippen molar-refractivity contribution in [2.75, 3.05) is 0 Å². The van der Waals surface area contributed by atoms with Crippen molar-refractivity contribution in [1.82, 2.24) is 0 Å². The van der Waals surface area contributed by atoms with Gasteiger partial charge in [0.25, 0.3) is 0 Å². The molecule has 0 atom stereocenters. The van der Waals surface area contributed by atoms with E-state index in [0.717, 1.165) is 32.1 Å². The maximum Gasteiger partial charge on any atom is 0.211 e. The molecule has 0 radical (unpaired) electrons. The molecule has 0 aromatic heterocycles. The van der Waals surface area contributed by atoms with Crippen LogP contribution in [0.25, 0.3) is 0 Å². The average molecular weight is 248 g/mol. The predicted molar refractivity (Wildman–Crippen MR) is 76.5 cm³/mol. The van der Waals surface area contributed by atoms with Gasteiger partial charge in [0.05, 0.1) is 0 Å². The zero-order chi connectivity index (χ0) is 12.9. The standard InChI is InChI=1S/C15H24OSi/c1-5-10-15(11-7-6-8-12-15)14(16)9-13-17(2,3)4/h5H,1,6-8,10-12H2,2-4H3. The van der Waals surface area contributed by atoms with Gasteiger partial charge in [0.2, 0.25) is 5.78 Å². The van der Waals surface area contributed by atoms with Gasteiger partial charge < -0.3 is 0 Å². The summed E-state index contributed by atoms with van der Waals surface area (Å²) in [7, 11) is -1.45. The molecule has 0 spiro atoms. The van der Waals surface area contributed by atoms with Gasteiger partial charge in [-0.2, -0.15) is 0 Å². The first-order valence-corrected chi connectivity index (χ1v) is 10.1. The summed E-state index contributed by atoms with van der Waals surface area (Å²) in [5, 5.41) is 0. The Bertz CT molecular complexity index is 345. The Morgan fingerprint density at radius 2 is 1.88 bits per heavy atom. The molecule has 1 saturated carbocycles. The lowest BCUT2D eigenvalue weighted by Crippen LogP contribution is -2.32. The molecule has 0 heterocycles. The molecule has 2 heteroatoms. The van der Waals surface area contributed by atoms with Crippen LogP contribution in [0.1, 0.15) is 38.5 Å². The zero-order valence-corrected chi connectivity index (χ0v) is 12.4. The first kappa shape index (κ1) is 14.2. The van der Waals surface area contributed by atoms with E-state index in [0.29, 0.717) is 0 Å². The summed E-state index contributed by atoms with van der Waals surface area (Å²) in [5.74, 6) is 3.11. The van der Waals surface area contributed by atoms with Crippen LogP contribution < -0.4 is 0 Å². The normalized spacial score (nSPS) is 19.0. The van der Waals surface area contributed by atoms with Gasteiger partial charge in [-0.15, -0.1) is 12.1 Å². The summed E-state index contributed by atoms with van der Waals surface area (Å²) < 4.78 is 0. The molecule has 1 aliphatic rings. The lowest BCUT2D eigenvalue weighted by molar-refractivity contribution is -0.124. The van der Waals surface area contributed by atoms with Crippen LogP contribution in [0.5, 0.6) is 0 Å². The van der Waals surface area contributed by atoms with E-state index in [2.05, 4.69) is 37.7 Å². The summed E-state index contributed by atoms with van der Waals surface area (Å²) in [6.45, 7) is 10.3. The summed E-state index contributed by atoms with van der Waals surface area (Å²) in [6.07, 6.45) is 8.26. The maximum atomic E-state index is 12.4. The van der Waals surface area contributed by atoms with Crippen molar-refractivity contribution in [3.8, 4) is 11.5 Å². The lowest BCUT2D eigenvalue weighted by Gasteiger charge is -2.33. The van der Waals surface area contributed by atoms with Gasteiger partial charge in [-0.3, -0.25) is 4.79 Å². The van der Waals surface area contributed by atoms with Crippen molar-refractivity contribution in [3.63, 3.8) is 0 Å². The van der Waals surface area contributed by atoms with Crippen LogP contribution in [-0.2, 0) is 4.79 Å². The van der Waals surface area contributed by atoms with Crippen molar-refractivity contribution in [2.45, 2.75) is 58.2 Å². The first-order chi connectivity index (χ1) is 7.90. The number of ketones is 1. The molecular formula is C15H24OSi. The van der Waals surface area contributed by atoms with E-state index in [1.807, 2.05) is 6.08 Å². The predicted octanol–water partition coefficient (Wildman–Crippen LogP) is 3.96. The summed E-state index contributed by atoms with van der Waals surface area (Å²) in [6, 6.07) is 0. The van der Waals surface area contributed by atoms with E-state index in [9.17, 15) is 4.79 Å².